The fourth-order valence-electron chi connectivity index (χ4n) is 2.38. The Hall–Kier alpha value is -0.620. The van der Waals surface area contributed by atoms with Crippen LogP contribution in [0, 0.1) is 5.92 Å². The fourth-order valence-corrected chi connectivity index (χ4v) is 3.03. The van der Waals surface area contributed by atoms with E-state index in [0.717, 1.165) is 38.9 Å². The number of carboxylic acids is 1. The van der Waals surface area contributed by atoms with Crippen molar-refractivity contribution in [1.82, 2.24) is 4.90 Å². The molecule has 1 N–H and O–H groups in total. The first-order valence-electron chi connectivity index (χ1n) is 6.48. The van der Waals surface area contributed by atoms with Crippen LogP contribution in [0.1, 0.15) is 32.1 Å². The number of nitrogens with zero attached hydrogens (tertiary/aromatic N) is 1. The molecule has 0 atom stereocenters. The Balaban J connectivity index is 2.13. The maximum atomic E-state index is 11.0. The molecular weight excluding hydrogens is 254 g/mol. The molecule has 5 nitrogen and oxygen atoms in total. The highest BCUT2D eigenvalue weighted by atomic mass is 32.2. The predicted molar refractivity (Wildman–Crippen MR) is 70.4 cm³/mol. The summed E-state index contributed by atoms with van der Waals surface area (Å²) in [5, 5.41) is 8.62. The van der Waals surface area contributed by atoms with Crippen LogP contribution in [0.15, 0.2) is 0 Å². The molecule has 0 bridgehead atoms. The molecular formula is C12H23NO4S. The van der Waals surface area contributed by atoms with Crippen LogP contribution in [0.3, 0.4) is 0 Å². The van der Waals surface area contributed by atoms with E-state index in [1.165, 1.54) is 6.26 Å². The number of sulfone groups is 1. The lowest BCUT2D eigenvalue weighted by Gasteiger charge is -2.31. The van der Waals surface area contributed by atoms with Crippen molar-refractivity contribution in [2.24, 2.45) is 5.92 Å². The van der Waals surface area contributed by atoms with Crippen LogP contribution in [0.2, 0.25) is 0 Å². The molecule has 0 unspecified atom stereocenters. The summed E-state index contributed by atoms with van der Waals surface area (Å²) in [7, 11) is -2.85. The van der Waals surface area contributed by atoms with Crippen molar-refractivity contribution in [3.8, 4) is 0 Å². The van der Waals surface area contributed by atoms with Gasteiger partial charge in [-0.25, -0.2) is 8.42 Å². The number of aliphatic carboxylic acids is 1. The summed E-state index contributed by atoms with van der Waals surface area (Å²) in [6, 6.07) is 0. The largest absolute Gasteiger partial charge is 0.481 e. The Morgan fingerprint density at radius 2 is 1.94 bits per heavy atom. The van der Waals surface area contributed by atoms with Gasteiger partial charge in [0.15, 0.2) is 0 Å². The van der Waals surface area contributed by atoms with Crippen molar-refractivity contribution in [3.05, 3.63) is 0 Å². The van der Waals surface area contributed by atoms with Gasteiger partial charge in [0.25, 0.3) is 0 Å². The van der Waals surface area contributed by atoms with E-state index in [2.05, 4.69) is 4.90 Å². The minimum atomic E-state index is -2.85. The molecule has 1 saturated heterocycles. The Morgan fingerprint density at radius 3 is 2.44 bits per heavy atom. The highest BCUT2D eigenvalue weighted by Gasteiger charge is 2.19. The van der Waals surface area contributed by atoms with Gasteiger partial charge in [0.05, 0.1) is 5.75 Å². The van der Waals surface area contributed by atoms with Crippen LogP contribution >= 0.6 is 0 Å². The molecule has 1 aliphatic heterocycles. The second-order valence-electron chi connectivity index (χ2n) is 5.20. The summed E-state index contributed by atoms with van der Waals surface area (Å²) in [5.41, 5.74) is 0. The normalized spacial score (nSPS) is 18.9. The highest BCUT2D eigenvalue weighted by molar-refractivity contribution is 7.90. The minimum Gasteiger partial charge on any atom is -0.481 e. The number of piperidine rings is 1. The molecule has 0 radical (unpaired) electrons. The summed E-state index contributed by atoms with van der Waals surface area (Å²) in [6.45, 7) is 2.76. The molecule has 1 aliphatic rings. The van der Waals surface area contributed by atoms with E-state index >= 15 is 0 Å². The zero-order valence-electron chi connectivity index (χ0n) is 11.0. The summed E-state index contributed by atoms with van der Waals surface area (Å²) in [4.78, 5) is 12.8. The fraction of sp³-hybridized carbons (Fsp3) is 0.917. The van der Waals surface area contributed by atoms with Crippen LogP contribution in [0.25, 0.3) is 0 Å². The highest BCUT2D eigenvalue weighted by Crippen LogP contribution is 2.21. The molecule has 0 aromatic carbocycles. The third kappa shape index (κ3) is 6.96. The number of likely N-dealkylation sites (tertiary alicyclic amines) is 1. The zero-order chi connectivity index (χ0) is 13.6. The lowest BCUT2D eigenvalue weighted by Crippen LogP contribution is -2.35. The van der Waals surface area contributed by atoms with Crippen molar-refractivity contribution in [2.75, 3.05) is 31.6 Å². The van der Waals surface area contributed by atoms with E-state index in [9.17, 15) is 13.2 Å². The van der Waals surface area contributed by atoms with E-state index in [4.69, 9.17) is 5.11 Å². The third-order valence-electron chi connectivity index (χ3n) is 3.46. The lowest BCUT2D eigenvalue weighted by molar-refractivity contribution is -0.137. The monoisotopic (exact) mass is 277 g/mol. The van der Waals surface area contributed by atoms with E-state index in [-0.39, 0.29) is 12.2 Å². The van der Waals surface area contributed by atoms with Crippen molar-refractivity contribution < 1.29 is 18.3 Å². The number of rotatable bonds is 7. The molecule has 0 aromatic rings. The summed E-state index contributed by atoms with van der Waals surface area (Å²) >= 11 is 0. The van der Waals surface area contributed by atoms with Gasteiger partial charge in [-0.1, -0.05) is 0 Å². The van der Waals surface area contributed by atoms with E-state index in [1.54, 1.807) is 0 Å². The average molecular weight is 277 g/mol. The van der Waals surface area contributed by atoms with Crippen molar-refractivity contribution in [3.63, 3.8) is 0 Å². The Morgan fingerprint density at radius 1 is 1.33 bits per heavy atom. The van der Waals surface area contributed by atoms with Gasteiger partial charge >= 0.3 is 5.97 Å². The first-order chi connectivity index (χ1) is 8.37. The molecule has 1 fully saturated rings. The van der Waals surface area contributed by atoms with Crippen LogP contribution in [0.4, 0.5) is 0 Å². The molecule has 1 heterocycles. The molecule has 1 rings (SSSR count). The van der Waals surface area contributed by atoms with E-state index in [0.29, 0.717) is 12.3 Å². The molecule has 6 heteroatoms. The van der Waals surface area contributed by atoms with Crippen LogP contribution in [-0.4, -0.2) is 56.0 Å². The molecule has 0 amide bonds. The predicted octanol–water partition coefficient (Wildman–Crippen LogP) is 0.998. The standard InChI is InChI=1S/C12H23NO4S/c1-18(16,17)10-2-7-13-8-5-11(6-9-13)3-4-12(14)15/h11H,2-10H2,1H3,(H,14,15). The quantitative estimate of drug-likeness (QED) is 0.751. The smallest absolute Gasteiger partial charge is 0.303 e. The molecule has 0 spiro atoms. The number of carbonyl (C=O) groups is 1. The maximum absolute atomic E-state index is 11.0. The second kappa shape index (κ2) is 7.09. The molecule has 0 aliphatic carbocycles. The summed E-state index contributed by atoms with van der Waals surface area (Å²) < 4.78 is 22.0. The molecule has 106 valence electrons. The van der Waals surface area contributed by atoms with Gasteiger partial charge < -0.3 is 10.0 Å². The van der Waals surface area contributed by atoms with Crippen LogP contribution < -0.4 is 0 Å². The minimum absolute atomic E-state index is 0.256. The van der Waals surface area contributed by atoms with Crippen molar-refractivity contribution in [2.45, 2.75) is 32.1 Å². The summed E-state index contributed by atoms with van der Waals surface area (Å²) in [5.74, 6) is 0.0595. The third-order valence-corrected chi connectivity index (χ3v) is 4.49. The number of hydrogen-bond donors (Lipinski definition) is 1. The van der Waals surface area contributed by atoms with Crippen molar-refractivity contribution >= 4 is 15.8 Å². The molecule has 0 saturated carbocycles. The SMILES string of the molecule is CS(=O)(=O)CCCN1CCC(CCC(=O)O)CC1. The Kier molecular flexibility index (Phi) is 6.08. The van der Waals surface area contributed by atoms with Gasteiger partial charge in [-0.2, -0.15) is 0 Å². The van der Waals surface area contributed by atoms with Crippen LogP contribution in [-0.2, 0) is 14.6 Å². The number of hydrogen-bond acceptors (Lipinski definition) is 4. The van der Waals surface area contributed by atoms with Gasteiger partial charge in [0, 0.05) is 12.7 Å². The number of carboxylic acid groups (broad SMARTS) is 1. The Labute approximate surface area is 109 Å². The van der Waals surface area contributed by atoms with Gasteiger partial charge in [-0.05, 0) is 51.2 Å². The van der Waals surface area contributed by atoms with Crippen LogP contribution in [0.5, 0.6) is 0 Å². The topological polar surface area (TPSA) is 74.7 Å². The first kappa shape index (κ1) is 15.4. The average Bonchev–Trinajstić information content (AvgIpc) is 2.26. The molecule has 0 aromatic heterocycles. The first-order valence-corrected chi connectivity index (χ1v) is 8.55. The molecule has 18 heavy (non-hydrogen) atoms. The zero-order valence-corrected chi connectivity index (χ0v) is 11.8. The van der Waals surface area contributed by atoms with Gasteiger partial charge in [-0.3, -0.25) is 4.79 Å². The second-order valence-corrected chi connectivity index (χ2v) is 7.46. The van der Waals surface area contributed by atoms with Gasteiger partial charge in [0.1, 0.15) is 9.84 Å². The van der Waals surface area contributed by atoms with E-state index in [1.807, 2.05) is 0 Å². The Bertz CT molecular complexity index is 358. The lowest BCUT2D eigenvalue weighted by atomic mass is 9.92. The maximum Gasteiger partial charge on any atom is 0.303 e. The summed E-state index contributed by atoms with van der Waals surface area (Å²) in [6.07, 6.45) is 5.06. The van der Waals surface area contributed by atoms with E-state index < -0.39 is 15.8 Å². The van der Waals surface area contributed by atoms with Gasteiger partial charge in [0.2, 0.25) is 0 Å². The van der Waals surface area contributed by atoms with Gasteiger partial charge in [-0.15, -0.1) is 0 Å². The van der Waals surface area contributed by atoms with Crippen molar-refractivity contribution in [1.29, 1.82) is 0 Å².